The molecule has 0 amide bonds. The Balaban J connectivity index is 2.33. The quantitative estimate of drug-likeness (QED) is 0.775. The van der Waals surface area contributed by atoms with Crippen LogP contribution in [0.3, 0.4) is 0 Å². The number of aromatic nitrogens is 2. The summed E-state index contributed by atoms with van der Waals surface area (Å²) in [6.07, 6.45) is 3.47. The molecule has 1 unspecified atom stereocenters. The van der Waals surface area contributed by atoms with Crippen molar-refractivity contribution in [1.29, 1.82) is 0 Å². The van der Waals surface area contributed by atoms with Crippen LogP contribution in [0, 0.1) is 0 Å². The number of nitrogens with one attached hydrogen (secondary N) is 1. The standard InChI is InChI=1S/C7H13N3OS2/c1-7(11,4-12-2)3-8-6-9-5-10-13-6/h5,11H,3-4H2,1-2H3,(H,8,9,10). The topological polar surface area (TPSA) is 58.0 Å². The van der Waals surface area contributed by atoms with Crippen LogP contribution >= 0.6 is 23.3 Å². The van der Waals surface area contributed by atoms with Crippen LogP contribution in [0.2, 0.25) is 0 Å². The summed E-state index contributed by atoms with van der Waals surface area (Å²) in [5.74, 6) is 0.707. The van der Waals surface area contributed by atoms with Crippen molar-refractivity contribution < 1.29 is 5.11 Å². The molecule has 0 spiro atoms. The molecule has 0 fully saturated rings. The van der Waals surface area contributed by atoms with Crippen molar-refractivity contribution in [2.75, 3.05) is 23.9 Å². The van der Waals surface area contributed by atoms with Gasteiger partial charge in [-0.05, 0) is 13.2 Å². The zero-order valence-corrected chi connectivity index (χ0v) is 9.28. The molecule has 0 aliphatic heterocycles. The van der Waals surface area contributed by atoms with Gasteiger partial charge in [-0.1, -0.05) is 0 Å². The largest absolute Gasteiger partial charge is 0.387 e. The maximum absolute atomic E-state index is 9.79. The number of anilines is 1. The van der Waals surface area contributed by atoms with Crippen molar-refractivity contribution >= 4 is 28.4 Å². The normalized spacial score (nSPS) is 15.3. The molecule has 0 aliphatic carbocycles. The second kappa shape index (κ2) is 4.78. The van der Waals surface area contributed by atoms with Gasteiger partial charge in [0, 0.05) is 23.8 Å². The minimum absolute atomic E-state index is 0.503. The van der Waals surface area contributed by atoms with Crippen LogP contribution in [0.5, 0.6) is 0 Å². The number of nitrogens with zero attached hydrogens (tertiary/aromatic N) is 2. The molecule has 1 atom stereocenters. The summed E-state index contributed by atoms with van der Waals surface area (Å²) in [4.78, 5) is 3.96. The first kappa shape index (κ1) is 10.7. The van der Waals surface area contributed by atoms with E-state index in [0.717, 1.165) is 5.13 Å². The fraction of sp³-hybridized carbons (Fsp3) is 0.714. The van der Waals surface area contributed by atoms with Crippen LogP contribution in [0.25, 0.3) is 0 Å². The molecule has 0 aromatic carbocycles. The van der Waals surface area contributed by atoms with E-state index in [1.54, 1.807) is 18.7 Å². The summed E-state index contributed by atoms with van der Waals surface area (Å²) in [6, 6.07) is 0. The molecular formula is C7H13N3OS2. The van der Waals surface area contributed by atoms with E-state index in [-0.39, 0.29) is 0 Å². The Labute approximate surface area is 85.9 Å². The highest BCUT2D eigenvalue weighted by Crippen LogP contribution is 2.13. The SMILES string of the molecule is CSCC(C)(O)CNc1ncns1. The Morgan fingerprint density at radius 1 is 1.77 bits per heavy atom. The molecule has 0 saturated heterocycles. The third kappa shape index (κ3) is 3.93. The van der Waals surface area contributed by atoms with Gasteiger partial charge < -0.3 is 10.4 Å². The van der Waals surface area contributed by atoms with Gasteiger partial charge >= 0.3 is 0 Å². The van der Waals surface area contributed by atoms with Crippen molar-refractivity contribution in [3.05, 3.63) is 6.33 Å². The zero-order chi connectivity index (χ0) is 9.73. The molecule has 2 N–H and O–H groups in total. The van der Waals surface area contributed by atoms with Crippen LogP contribution in [-0.4, -0.2) is 38.6 Å². The summed E-state index contributed by atoms with van der Waals surface area (Å²) < 4.78 is 3.85. The van der Waals surface area contributed by atoms with Gasteiger partial charge in [0.15, 0.2) is 0 Å². The lowest BCUT2D eigenvalue weighted by molar-refractivity contribution is 0.0997. The first-order valence-electron chi connectivity index (χ1n) is 3.86. The number of aliphatic hydroxyl groups is 1. The molecule has 13 heavy (non-hydrogen) atoms. The van der Waals surface area contributed by atoms with Crippen LogP contribution in [0.1, 0.15) is 6.92 Å². The molecule has 0 radical (unpaired) electrons. The van der Waals surface area contributed by atoms with Gasteiger partial charge in [0.2, 0.25) is 5.13 Å². The van der Waals surface area contributed by atoms with Gasteiger partial charge in [-0.2, -0.15) is 16.1 Å². The molecule has 1 aromatic rings. The van der Waals surface area contributed by atoms with Gasteiger partial charge in [0.25, 0.3) is 0 Å². The van der Waals surface area contributed by atoms with Crippen molar-refractivity contribution in [2.24, 2.45) is 0 Å². The molecule has 0 saturated carbocycles. The minimum atomic E-state index is -0.689. The van der Waals surface area contributed by atoms with E-state index in [2.05, 4.69) is 14.7 Å². The predicted octanol–water partition coefficient (Wildman–Crippen LogP) is 1.06. The molecule has 6 heteroatoms. The van der Waals surface area contributed by atoms with Crippen LogP contribution < -0.4 is 5.32 Å². The molecule has 1 aromatic heterocycles. The number of hydrogen-bond donors (Lipinski definition) is 2. The van der Waals surface area contributed by atoms with Gasteiger partial charge in [0.05, 0.1) is 5.60 Å². The molecule has 1 heterocycles. The van der Waals surface area contributed by atoms with E-state index in [4.69, 9.17) is 0 Å². The molecule has 4 nitrogen and oxygen atoms in total. The van der Waals surface area contributed by atoms with Crippen LogP contribution in [0.15, 0.2) is 6.33 Å². The number of thioether (sulfide) groups is 1. The third-order valence-electron chi connectivity index (χ3n) is 1.44. The number of rotatable bonds is 5. The second-order valence-electron chi connectivity index (χ2n) is 3.03. The Kier molecular flexibility index (Phi) is 3.95. The summed E-state index contributed by atoms with van der Waals surface area (Å²) in [5.41, 5.74) is -0.689. The van der Waals surface area contributed by atoms with E-state index in [9.17, 15) is 5.11 Å². The summed E-state index contributed by atoms with van der Waals surface area (Å²) in [5, 5.41) is 13.6. The fourth-order valence-corrected chi connectivity index (χ4v) is 2.03. The fourth-order valence-electron chi connectivity index (χ4n) is 0.879. The van der Waals surface area contributed by atoms with Crippen molar-refractivity contribution in [2.45, 2.75) is 12.5 Å². The first-order chi connectivity index (χ1) is 6.14. The lowest BCUT2D eigenvalue weighted by Gasteiger charge is -2.21. The average Bonchev–Trinajstić information content (AvgIpc) is 2.52. The Bertz CT molecular complexity index is 238. The van der Waals surface area contributed by atoms with E-state index in [1.807, 2.05) is 6.26 Å². The van der Waals surface area contributed by atoms with Crippen LogP contribution in [-0.2, 0) is 0 Å². The van der Waals surface area contributed by atoms with Gasteiger partial charge in [-0.3, -0.25) is 0 Å². The lowest BCUT2D eigenvalue weighted by atomic mass is 10.1. The predicted molar refractivity (Wildman–Crippen MR) is 57.4 cm³/mol. The summed E-state index contributed by atoms with van der Waals surface area (Å²) in [7, 11) is 0. The van der Waals surface area contributed by atoms with Crippen molar-refractivity contribution in [1.82, 2.24) is 9.36 Å². The van der Waals surface area contributed by atoms with Gasteiger partial charge in [-0.15, -0.1) is 0 Å². The minimum Gasteiger partial charge on any atom is -0.387 e. The molecule has 0 aliphatic rings. The Morgan fingerprint density at radius 3 is 3.08 bits per heavy atom. The van der Waals surface area contributed by atoms with E-state index in [0.29, 0.717) is 12.3 Å². The highest BCUT2D eigenvalue weighted by atomic mass is 32.2. The number of hydrogen-bond acceptors (Lipinski definition) is 6. The lowest BCUT2D eigenvalue weighted by Crippen LogP contribution is -2.35. The van der Waals surface area contributed by atoms with Gasteiger partial charge in [-0.25, -0.2) is 4.98 Å². The highest BCUT2D eigenvalue weighted by molar-refractivity contribution is 7.98. The zero-order valence-electron chi connectivity index (χ0n) is 7.65. The molecule has 74 valence electrons. The average molecular weight is 219 g/mol. The van der Waals surface area contributed by atoms with Gasteiger partial charge in [0.1, 0.15) is 6.33 Å². The van der Waals surface area contributed by atoms with E-state index in [1.165, 1.54) is 17.9 Å². The first-order valence-corrected chi connectivity index (χ1v) is 6.03. The summed E-state index contributed by atoms with van der Waals surface area (Å²) >= 11 is 2.91. The van der Waals surface area contributed by atoms with Crippen LogP contribution in [0.4, 0.5) is 5.13 Å². The summed E-state index contributed by atoms with van der Waals surface area (Å²) in [6.45, 7) is 2.31. The highest BCUT2D eigenvalue weighted by Gasteiger charge is 2.19. The Morgan fingerprint density at radius 2 is 2.54 bits per heavy atom. The maximum atomic E-state index is 9.79. The Hall–Kier alpha value is -0.330. The third-order valence-corrected chi connectivity index (χ3v) is 2.97. The monoisotopic (exact) mass is 219 g/mol. The molecule has 0 bridgehead atoms. The molecule has 1 rings (SSSR count). The second-order valence-corrected chi connectivity index (χ2v) is 4.68. The maximum Gasteiger partial charge on any atom is 0.202 e. The van der Waals surface area contributed by atoms with Crippen molar-refractivity contribution in [3.63, 3.8) is 0 Å². The van der Waals surface area contributed by atoms with E-state index >= 15 is 0 Å². The smallest absolute Gasteiger partial charge is 0.202 e. The van der Waals surface area contributed by atoms with E-state index < -0.39 is 5.60 Å². The van der Waals surface area contributed by atoms with Crippen molar-refractivity contribution in [3.8, 4) is 0 Å². The molecular weight excluding hydrogens is 206 g/mol.